The molecule has 1 nitrogen and oxygen atoms in total. The van der Waals surface area contributed by atoms with Crippen LogP contribution >= 0.6 is 0 Å². The number of nitriles is 1. The molecule has 2 aromatic rings. The molecule has 0 N–H and O–H groups in total. The van der Waals surface area contributed by atoms with Crippen molar-refractivity contribution >= 4 is 0 Å². The maximum atomic E-state index is 13.5. The van der Waals surface area contributed by atoms with Crippen molar-refractivity contribution in [1.29, 1.82) is 5.26 Å². The molecule has 2 rings (SSSR count). The van der Waals surface area contributed by atoms with Crippen molar-refractivity contribution < 1.29 is 4.39 Å². The first kappa shape index (κ1) is 10.4. The predicted molar refractivity (Wildman–Crippen MR) is 61.2 cm³/mol. The van der Waals surface area contributed by atoms with Crippen molar-refractivity contribution in [2.45, 2.75) is 6.42 Å². The first-order valence-corrected chi connectivity index (χ1v) is 5.02. The van der Waals surface area contributed by atoms with E-state index in [1.807, 2.05) is 30.3 Å². The Kier molecular flexibility index (Phi) is 2.98. The SMILES string of the molecule is N#CCc1ccc(-c2ccccc2F)cc1. The van der Waals surface area contributed by atoms with Crippen LogP contribution in [0.1, 0.15) is 5.56 Å². The average molecular weight is 211 g/mol. The van der Waals surface area contributed by atoms with Crippen molar-refractivity contribution in [1.82, 2.24) is 0 Å². The van der Waals surface area contributed by atoms with E-state index < -0.39 is 0 Å². The summed E-state index contributed by atoms with van der Waals surface area (Å²) >= 11 is 0. The summed E-state index contributed by atoms with van der Waals surface area (Å²) in [5.74, 6) is -0.226. The number of hydrogen-bond donors (Lipinski definition) is 0. The minimum Gasteiger partial charge on any atom is -0.206 e. The van der Waals surface area contributed by atoms with Crippen molar-refractivity contribution in [2.75, 3.05) is 0 Å². The topological polar surface area (TPSA) is 23.8 Å². The molecule has 0 aliphatic heterocycles. The zero-order valence-corrected chi connectivity index (χ0v) is 8.65. The maximum absolute atomic E-state index is 13.5. The van der Waals surface area contributed by atoms with E-state index in [0.29, 0.717) is 12.0 Å². The minimum absolute atomic E-state index is 0.226. The summed E-state index contributed by atoms with van der Waals surface area (Å²) in [7, 11) is 0. The van der Waals surface area contributed by atoms with E-state index in [1.54, 1.807) is 12.1 Å². The van der Waals surface area contributed by atoms with Gasteiger partial charge < -0.3 is 0 Å². The van der Waals surface area contributed by atoms with Crippen LogP contribution in [0.2, 0.25) is 0 Å². The van der Waals surface area contributed by atoms with E-state index in [0.717, 1.165) is 11.1 Å². The van der Waals surface area contributed by atoms with Crippen LogP contribution in [0.4, 0.5) is 4.39 Å². The number of halogens is 1. The highest BCUT2D eigenvalue weighted by atomic mass is 19.1. The Labute approximate surface area is 93.8 Å². The molecule has 2 heteroatoms. The lowest BCUT2D eigenvalue weighted by molar-refractivity contribution is 0.631. The molecule has 0 aliphatic carbocycles. The first-order valence-electron chi connectivity index (χ1n) is 5.02. The van der Waals surface area contributed by atoms with Gasteiger partial charge in [-0.3, -0.25) is 0 Å². The van der Waals surface area contributed by atoms with Gasteiger partial charge in [0.2, 0.25) is 0 Å². The van der Waals surface area contributed by atoms with E-state index >= 15 is 0 Å². The van der Waals surface area contributed by atoms with Gasteiger partial charge in [-0.15, -0.1) is 0 Å². The summed E-state index contributed by atoms with van der Waals surface area (Å²) in [6.45, 7) is 0. The summed E-state index contributed by atoms with van der Waals surface area (Å²) in [6.07, 6.45) is 0.386. The molecule has 2 aromatic carbocycles. The molecule has 0 fully saturated rings. The third kappa shape index (κ3) is 2.09. The van der Waals surface area contributed by atoms with Gasteiger partial charge in [0.15, 0.2) is 0 Å². The molecular weight excluding hydrogens is 201 g/mol. The second-order valence-electron chi connectivity index (χ2n) is 3.51. The van der Waals surface area contributed by atoms with Crippen LogP contribution in [0, 0.1) is 17.1 Å². The van der Waals surface area contributed by atoms with E-state index in [4.69, 9.17) is 5.26 Å². The molecule has 0 aliphatic rings. The molecule has 0 bridgehead atoms. The van der Waals surface area contributed by atoms with Crippen LogP contribution in [0.3, 0.4) is 0 Å². The van der Waals surface area contributed by atoms with Crippen LogP contribution in [0.5, 0.6) is 0 Å². The standard InChI is InChI=1S/C14H10FN/c15-14-4-2-1-3-13(14)12-7-5-11(6-8-12)9-10-16/h1-8H,9H2. The average Bonchev–Trinajstić information content (AvgIpc) is 2.31. The van der Waals surface area contributed by atoms with Gasteiger partial charge in [-0.25, -0.2) is 4.39 Å². The van der Waals surface area contributed by atoms with Gasteiger partial charge in [-0.2, -0.15) is 5.26 Å². The molecule has 0 amide bonds. The molecule has 0 unspecified atom stereocenters. The Morgan fingerprint density at radius 2 is 1.69 bits per heavy atom. The second kappa shape index (κ2) is 4.59. The molecule has 0 heterocycles. The number of benzene rings is 2. The third-order valence-electron chi connectivity index (χ3n) is 2.42. The van der Waals surface area contributed by atoms with Gasteiger partial charge in [0.25, 0.3) is 0 Å². The number of nitrogens with zero attached hydrogens (tertiary/aromatic N) is 1. The van der Waals surface area contributed by atoms with E-state index in [-0.39, 0.29) is 5.82 Å². The van der Waals surface area contributed by atoms with Crippen molar-refractivity contribution in [2.24, 2.45) is 0 Å². The smallest absolute Gasteiger partial charge is 0.131 e. The Morgan fingerprint density at radius 1 is 1.00 bits per heavy atom. The fraction of sp³-hybridized carbons (Fsp3) is 0.0714. The third-order valence-corrected chi connectivity index (χ3v) is 2.42. The van der Waals surface area contributed by atoms with Gasteiger partial charge in [-0.1, -0.05) is 42.5 Å². The molecule has 16 heavy (non-hydrogen) atoms. The highest BCUT2D eigenvalue weighted by Crippen LogP contribution is 2.22. The highest BCUT2D eigenvalue weighted by molar-refractivity contribution is 5.64. The second-order valence-corrected chi connectivity index (χ2v) is 3.51. The Hall–Kier alpha value is -2.14. The van der Waals surface area contributed by atoms with Gasteiger partial charge >= 0.3 is 0 Å². The molecule has 0 atom stereocenters. The van der Waals surface area contributed by atoms with E-state index in [9.17, 15) is 4.39 Å². The minimum atomic E-state index is -0.226. The van der Waals surface area contributed by atoms with E-state index in [1.165, 1.54) is 6.07 Å². The molecule has 0 aromatic heterocycles. The number of rotatable bonds is 2. The highest BCUT2D eigenvalue weighted by Gasteiger charge is 2.03. The van der Waals surface area contributed by atoms with Crippen molar-refractivity contribution in [3.63, 3.8) is 0 Å². The zero-order chi connectivity index (χ0) is 11.4. The molecule has 78 valence electrons. The van der Waals surface area contributed by atoms with Crippen LogP contribution in [0.15, 0.2) is 48.5 Å². The summed E-state index contributed by atoms with van der Waals surface area (Å²) in [5, 5.41) is 8.54. The fourth-order valence-corrected chi connectivity index (χ4v) is 1.59. The molecule has 0 saturated heterocycles. The predicted octanol–water partition coefficient (Wildman–Crippen LogP) is 3.56. The quantitative estimate of drug-likeness (QED) is 0.745. The normalized spacial score (nSPS) is 9.75. The fourth-order valence-electron chi connectivity index (χ4n) is 1.59. The molecule has 0 radical (unpaired) electrons. The van der Waals surface area contributed by atoms with Crippen molar-refractivity contribution in [3.05, 3.63) is 59.9 Å². The summed E-state index contributed by atoms with van der Waals surface area (Å²) < 4.78 is 13.5. The van der Waals surface area contributed by atoms with Gasteiger partial charge in [-0.05, 0) is 17.2 Å². The zero-order valence-electron chi connectivity index (χ0n) is 8.65. The molecule has 0 spiro atoms. The Balaban J connectivity index is 2.36. The Morgan fingerprint density at radius 3 is 2.31 bits per heavy atom. The lowest BCUT2D eigenvalue weighted by atomic mass is 10.0. The summed E-state index contributed by atoms with van der Waals surface area (Å²) in [5.41, 5.74) is 2.37. The monoisotopic (exact) mass is 211 g/mol. The van der Waals surface area contributed by atoms with Crippen molar-refractivity contribution in [3.8, 4) is 17.2 Å². The lowest BCUT2D eigenvalue weighted by Gasteiger charge is -2.03. The van der Waals surface area contributed by atoms with Crippen LogP contribution in [0.25, 0.3) is 11.1 Å². The van der Waals surface area contributed by atoms with Gasteiger partial charge in [0.1, 0.15) is 5.82 Å². The largest absolute Gasteiger partial charge is 0.206 e. The van der Waals surface area contributed by atoms with Crippen LogP contribution in [-0.2, 0) is 6.42 Å². The Bertz CT molecular complexity index is 523. The molecule has 0 saturated carbocycles. The molecular formula is C14H10FN. The first-order chi connectivity index (χ1) is 7.81. The van der Waals surface area contributed by atoms with Crippen LogP contribution < -0.4 is 0 Å². The summed E-state index contributed by atoms with van der Waals surface area (Å²) in [6, 6.07) is 16.1. The van der Waals surface area contributed by atoms with Crippen LogP contribution in [-0.4, -0.2) is 0 Å². The lowest BCUT2D eigenvalue weighted by Crippen LogP contribution is -1.85. The maximum Gasteiger partial charge on any atom is 0.131 e. The number of hydrogen-bond acceptors (Lipinski definition) is 1. The van der Waals surface area contributed by atoms with Gasteiger partial charge in [0.05, 0.1) is 12.5 Å². The van der Waals surface area contributed by atoms with E-state index in [2.05, 4.69) is 6.07 Å². The van der Waals surface area contributed by atoms with Gasteiger partial charge in [0, 0.05) is 5.56 Å². The summed E-state index contributed by atoms with van der Waals surface area (Å²) in [4.78, 5) is 0.